The summed E-state index contributed by atoms with van der Waals surface area (Å²) in [4.78, 5) is 22.0. The minimum Gasteiger partial charge on any atom is -0.342 e. The Morgan fingerprint density at radius 3 is 2.72 bits per heavy atom. The Morgan fingerprint density at radius 2 is 1.96 bits per heavy atom. The number of piperidine rings is 1. The molecule has 0 radical (unpaired) electrons. The van der Waals surface area contributed by atoms with Gasteiger partial charge in [-0.25, -0.2) is 0 Å². The van der Waals surface area contributed by atoms with E-state index in [-0.39, 0.29) is 5.92 Å². The molecule has 2 aliphatic heterocycles. The van der Waals surface area contributed by atoms with Crippen molar-refractivity contribution in [2.24, 2.45) is 11.8 Å². The van der Waals surface area contributed by atoms with E-state index in [4.69, 9.17) is 0 Å². The monoisotopic (exact) mass is 341 g/mol. The van der Waals surface area contributed by atoms with Crippen LogP contribution in [-0.4, -0.2) is 53.4 Å². The summed E-state index contributed by atoms with van der Waals surface area (Å²) in [7, 11) is 0. The van der Waals surface area contributed by atoms with Gasteiger partial charge in [0.15, 0.2) is 0 Å². The van der Waals surface area contributed by atoms with Gasteiger partial charge >= 0.3 is 0 Å². The van der Waals surface area contributed by atoms with E-state index in [1.54, 1.807) is 6.20 Å². The lowest BCUT2D eigenvalue weighted by Gasteiger charge is -2.35. The Labute approximate surface area is 151 Å². The molecule has 0 spiro atoms. The third-order valence-corrected chi connectivity index (χ3v) is 6.27. The van der Waals surface area contributed by atoms with Crippen LogP contribution < -0.4 is 0 Å². The van der Waals surface area contributed by atoms with E-state index in [0.717, 1.165) is 19.5 Å². The van der Waals surface area contributed by atoms with Gasteiger partial charge in [-0.05, 0) is 68.7 Å². The van der Waals surface area contributed by atoms with Gasteiger partial charge in [0.1, 0.15) is 0 Å². The van der Waals surface area contributed by atoms with Crippen molar-refractivity contribution in [2.45, 2.75) is 50.9 Å². The summed E-state index contributed by atoms with van der Waals surface area (Å²) in [5, 5.41) is 0. The molecule has 4 rings (SSSR count). The van der Waals surface area contributed by atoms with Crippen molar-refractivity contribution in [1.82, 2.24) is 14.8 Å². The van der Waals surface area contributed by atoms with Crippen LogP contribution in [0.2, 0.25) is 0 Å². The first-order valence-corrected chi connectivity index (χ1v) is 10.2. The van der Waals surface area contributed by atoms with E-state index in [1.165, 1.54) is 63.7 Å². The lowest BCUT2D eigenvalue weighted by atomic mass is 9.96. The fourth-order valence-electron chi connectivity index (χ4n) is 4.76. The average molecular weight is 341 g/mol. The second-order valence-electron chi connectivity index (χ2n) is 8.24. The summed E-state index contributed by atoms with van der Waals surface area (Å²) < 4.78 is 0. The highest BCUT2D eigenvalue weighted by Gasteiger charge is 2.46. The zero-order valence-corrected chi connectivity index (χ0v) is 15.3. The first kappa shape index (κ1) is 17.0. The van der Waals surface area contributed by atoms with Crippen LogP contribution in [0.1, 0.15) is 56.4 Å². The molecule has 4 heteroatoms. The largest absolute Gasteiger partial charge is 0.342 e. The van der Waals surface area contributed by atoms with E-state index < -0.39 is 0 Å². The summed E-state index contributed by atoms with van der Waals surface area (Å²) in [6.45, 7) is 5.66. The summed E-state index contributed by atoms with van der Waals surface area (Å²) in [6.07, 6.45) is 12.7. The van der Waals surface area contributed by atoms with Crippen molar-refractivity contribution in [3.8, 4) is 0 Å². The summed E-state index contributed by atoms with van der Waals surface area (Å²) in [6, 6.07) is 4.09. The van der Waals surface area contributed by atoms with Gasteiger partial charge in [0, 0.05) is 37.9 Å². The third kappa shape index (κ3) is 4.22. The molecule has 4 nitrogen and oxygen atoms in total. The smallest absolute Gasteiger partial charge is 0.226 e. The van der Waals surface area contributed by atoms with Gasteiger partial charge < -0.3 is 9.80 Å². The summed E-state index contributed by atoms with van der Waals surface area (Å²) in [5.74, 6) is 1.69. The van der Waals surface area contributed by atoms with Crippen LogP contribution in [0, 0.1) is 11.8 Å². The van der Waals surface area contributed by atoms with E-state index in [1.807, 2.05) is 12.3 Å². The first-order valence-electron chi connectivity index (χ1n) is 10.2. The van der Waals surface area contributed by atoms with Gasteiger partial charge in [-0.2, -0.15) is 0 Å². The second-order valence-corrected chi connectivity index (χ2v) is 8.24. The quantitative estimate of drug-likeness (QED) is 0.843. The number of pyridine rings is 1. The molecular formula is C21H31N3O. The van der Waals surface area contributed by atoms with E-state index in [9.17, 15) is 4.79 Å². The predicted octanol–water partition coefficient (Wildman–Crippen LogP) is 3.30. The third-order valence-electron chi connectivity index (χ3n) is 6.27. The van der Waals surface area contributed by atoms with Crippen LogP contribution in [0.4, 0.5) is 0 Å². The molecule has 0 bridgehead atoms. The van der Waals surface area contributed by atoms with Gasteiger partial charge in [0.25, 0.3) is 0 Å². The second kappa shape index (κ2) is 7.86. The molecule has 3 unspecified atom stereocenters. The molecular weight excluding hydrogens is 310 g/mol. The van der Waals surface area contributed by atoms with Crippen molar-refractivity contribution in [3.63, 3.8) is 0 Å². The Hall–Kier alpha value is -1.42. The molecule has 0 N–H and O–H groups in total. The molecule has 3 aliphatic rings. The maximum Gasteiger partial charge on any atom is 0.226 e. The Morgan fingerprint density at radius 1 is 1.12 bits per heavy atom. The Balaban J connectivity index is 1.30. The molecule has 3 atom stereocenters. The summed E-state index contributed by atoms with van der Waals surface area (Å²) in [5.41, 5.74) is 1.24. The molecule has 136 valence electrons. The Bertz CT molecular complexity index is 568. The normalized spacial score (nSPS) is 30.7. The van der Waals surface area contributed by atoms with Crippen molar-refractivity contribution in [1.29, 1.82) is 0 Å². The molecule has 1 saturated carbocycles. The SMILES string of the molecule is O=C(C1CC1c1cccnc1)N1CCCC(CN2CCCCCC2)C1. The van der Waals surface area contributed by atoms with E-state index in [0.29, 0.717) is 17.7 Å². The van der Waals surface area contributed by atoms with Crippen LogP contribution in [0.25, 0.3) is 0 Å². The van der Waals surface area contributed by atoms with Crippen LogP contribution in [-0.2, 0) is 4.79 Å². The molecule has 3 heterocycles. The molecule has 1 aliphatic carbocycles. The fraction of sp³-hybridized carbons (Fsp3) is 0.714. The van der Waals surface area contributed by atoms with Gasteiger partial charge in [0.05, 0.1) is 0 Å². The van der Waals surface area contributed by atoms with Gasteiger partial charge in [-0.1, -0.05) is 18.9 Å². The molecule has 1 aromatic heterocycles. The maximum absolute atomic E-state index is 12.9. The first-order chi connectivity index (χ1) is 12.3. The molecule has 1 amide bonds. The topological polar surface area (TPSA) is 36.4 Å². The van der Waals surface area contributed by atoms with E-state index in [2.05, 4.69) is 20.9 Å². The highest BCUT2D eigenvalue weighted by molar-refractivity contribution is 5.83. The predicted molar refractivity (Wildman–Crippen MR) is 99.3 cm³/mol. The number of hydrogen-bond donors (Lipinski definition) is 0. The molecule has 0 aromatic carbocycles. The number of carbonyl (C=O) groups is 1. The number of rotatable bonds is 4. The molecule has 3 fully saturated rings. The van der Waals surface area contributed by atoms with Crippen LogP contribution in [0.3, 0.4) is 0 Å². The number of nitrogens with zero attached hydrogens (tertiary/aromatic N) is 3. The fourth-order valence-corrected chi connectivity index (χ4v) is 4.76. The molecule has 25 heavy (non-hydrogen) atoms. The van der Waals surface area contributed by atoms with Crippen molar-refractivity contribution in [2.75, 3.05) is 32.7 Å². The lowest BCUT2D eigenvalue weighted by molar-refractivity contribution is -0.134. The van der Waals surface area contributed by atoms with Crippen molar-refractivity contribution < 1.29 is 4.79 Å². The van der Waals surface area contributed by atoms with Crippen LogP contribution in [0.15, 0.2) is 24.5 Å². The highest BCUT2D eigenvalue weighted by atomic mass is 16.2. The van der Waals surface area contributed by atoms with Gasteiger partial charge in [-0.15, -0.1) is 0 Å². The Kier molecular flexibility index (Phi) is 5.35. The maximum atomic E-state index is 12.9. The molecule has 1 aromatic rings. The minimum absolute atomic E-state index is 0.209. The standard InChI is InChI=1S/C21H31N3O/c25-21(20-13-19(20)18-8-5-9-22-14-18)24-12-6-7-17(16-24)15-23-10-3-1-2-4-11-23/h5,8-9,14,17,19-20H,1-4,6-7,10-13,15-16H2. The minimum atomic E-state index is 0.209. The van der Waals surface area contributed by atoms with Crippen molar-refractivity contribution in [3.05, 3.63) is 30.1 Å². The number of hydrogen-bond acceptors (Lipinski definition) is 3. The lowest BCUT2D eigenvalue weighted by Crippen LogP contribution is -2.44. The molecule has 2 saturated heterocycles. The zero-order chi connectivity index (χ0) is 17.1. The van der Waals surface area contributed by atoms with Gasteiger partial charge in [0.2, 0.25) is 5.91 Å². The number of likely N-dealkylation sites (tertiary alicyclic amines) is 2. The average Bonchev–Trinajstić information content (AvgIpc) is 3.47. The number of aromatic nitrogens is 1. The number of amides is 1. The summed E-state index contributed by atoms with van der Waals surface area (Å²) >= 11 is 0. The van der Waals surface area contributed by atoms with E-state index >= 15 is 0 Å². The highest BCUT2D eigenvalue weighted by Crippen LogP contribution is 2.48. The van der Waals surface area contributed by atoms with Crippen molar-refractivity contribution >= 4 is 5.91 Å². The van der Waals surface area contributed by atoms with Crippen LogP contribution >= 0.6 is 0 Å². The van der Waals surface area contributed by atoms with Gasteiger partial charge in [-0.3, -0.25) is 9.78 Å². The zero-order valence-electron chi connectivity index (χ0n) is 15.3. The van der Waals surface area contributed by atoms with Crippen LogP contribution in [0.5, 0.6) is 0 Å². The number of carbonyl (C=O) groups excluding carboxylic acids is 1.